The first kappa shape index (κ1) is 15.0. The number of hydrogen-bond acceptors (Lipinski definition) is 2. The van der Waals surface area contributed by atoms with Gasteiger partial charge in [0.2, 0.25) is 0 Å². The molecule has 0 atom stereocenters. The molecule has 17 heavy (non-hydrogen) atoms. The van der Waals surface area contributed by atoms with Crippen LogP contribution in [-0.4, -0.2) is 16.0 Å². The summed E-state index contributed by atoms with van der Waals surface area (Å²) in [4.78, 5) is 0. The van der Waals surface area contributed by atoms with E-state index in [1.165, 1.54) is 25.7 Å². The first-order valence-corrected chi connectivity index (χ1v) is 7.15. The molecule has 0 saturated heterocycles. The van der Waals surface area contributed by atoms with E-state index >= 15 is 0 Å². The molecule has 0 spiro atoms. The van der Waals surface area contributed by atoms with Crippen LogP contribution in [0, 0.1) is 10.8 Å². The van der Waals surface area contributed by atoms with E-state index in [4.69, 9.17) is 0 Å². The van der Waals surface area contributed by atoms with Crippen LogP contribution in [0.1, 0.15) is 79.1 Å². The third-order valence-electron chi connectivity index (χ3n) is 5.27. The van der Waals surface area contributed by atoms with Gasteiger partial charge in [-0.2, -0.15) is 0 Å². The second kappa shape index (κ2) is 5.27. The zero-order valence-corrected chi connectivity index (χ0v) is 12.1. The Bertz CT molecular complexity index is 217. The maximum absolute atomic E-state index is 10.4. The molecule has 1 aliphatic carbocycles. The molecule has 1 saturated carbocycles. The van der Waals surface area contributed by atoms with E-state index in [0.717, 1.165) is 19.3 Å². The van der Waals surface area contributed by atoms with Gasteiger partial charge in [-0.05, 0) is 18.3 Å². The van der Waals surface area contributed by atoms with Crippen LogP contribution >= 0.6 is 0 Å². The Labute approximate surface area is 106 Å². The molecular formula is C15H30O2. The molecular weight excluding hydrogens is 212 g/mol. The minimum Gasteiger partial charge on any atom is -0.365 e. The highest BCUT2D eigenvalue weighted by atomic mass is 16.5. The van der Waals surface area contributed by atoms with Gasteiger partial charge >= 0.3 is 0 Å². The molecule has 0 aromatic rings. The zero-order chi connectivity index (χ0) is 13.2. The van der Waals surface area contributed by atoms with Crippen LogP contribution in [0.15, 0.2) is 0 Å². The predicted molar refractivity (Wildman–Crippen MR) is 71.7 cm³/mol. The summed E-state index contributed by atoms with van der Waals surface area (Å²) in [5.41, 5.74) is -0.509. The summed E-state index contributed by atoms with van der Waals surface area (Å²) in [6.07, 6.45) is 8.63. The summed E-state index contributed by atoms with van der Waals surface area (Å²) in [6, 6.07) is 0. The highest BCUT2D eigenvalue weighted by molar-refractivity contribution is 4.95. The van der Waals surface area contributed by atoms with Gasteiger partial charge in [-0.3, -0.25) is 0 Å². The fourth-order valence-corrected chi connectivity index (χ4v) is 2.81. The van der Waals surface area contributed by atoms with E-state index in [1.54, 1.807) is 0 Å². The molecule has 0 aliphatic heterocycles. The van der Waals surface area contributed by atoms with E-state index in [9.17, 15) is 10.2 Å². The van der Waals surface area contributed by atoms with Gasteiger partial charge in [0, 0.05) is 11.8 Å². The molecule has 0 radical (unpaired) electrons. The molecule has 2 nitrogen and oxygen atoms in total. The summed E-state index contributed by atoms with van der Waals surface area (Å²) >= 11 is 0. The molecule has 0 aromatic carbocycles. The Balaban J connectivity index is 2.89. The maximum Gasteiger partial charge on any atom is 0.168 e. The van der Waals surface area contributed by atoms with E-state index in [2.05, 4.69) is 13.8 Å². The first-order chi connectivity index (χ1) is 7.71. The van der Waals surface area contributed by atoms with Gasteiger partial charge < -0.3 is 10.2 Å². The summed E-state index contributed by atoms with van der Waals surface area (Å²) < 4.78 is 0. The zero-order valence-electron chi connectivity index (χ0n) is 12.1. The number of hydrogen-bond donors (Lipinski definition) is 2. The summed E-state index contributed by atoms with van der Waals surface area (Å²) in [5.74, 6) is -1.54. The molecule has 0 aromatic heterocycles. The van der Waals surface area contributed by atoms with Crippen LogP contribution in [0.4, 0.5) is 0 Å². The Morgan fingerprint density at radius 3 is 1.59 bits per heavy atom. The lowest BCUT2D eigenvalue weighted by atomic mass is 9.60. The molecule has 1 aliphatic rings. The fourth-order valence-electron chi connectivity index (χ4n) is 2.81. The monoisotopic (exact) mass is 242 g/mol. The van der Waals surface area contributed by atoms with E-state index in [0.29, 0.717) is 6.42 Å². The Kier molecular flexibility index (Phi) is 4.65. The molecule has 2 N–H and O–H groups in total. The van der Waals surface area contributed by atoms with Crippen molar-refractivity contribution in [2.45, 2.75) is 84.8 Å². The van der Waals surface area contributed by atoms with Crippen LogP contribution in [0.5, 0.6) is 0 Å². The van der Waals surface area contributed by atoms with E-state index in [-0.39, 0.29) is 5.41 Å². The predicted octanol–water partition coefficient (Wildman–Crippen LogP) is 3.85. The van der Waals surface area contributed by atoms with Crippen molar-refractivity contribution >= 4 is 0 Å². The Morgan fingerprint density at radius 2 is 1.06 bits per heavy atom. The second-order valence-electron chi connectivity index (χ2n) is 6.95. The van der Waals surface area contributed by atoms with Crippen molar-refractivity contribution in [1.82, 2.24) is 0 Å². The third kappa shape index (κ3) is 3.23. The van der Waals surface area contributed by atoms with Crippen molar-refractivity contribution in [3.05, 3.63) is 0 Å². The largest absolute Gasteiger partial charge is 0.365 e. The average Bonchev–Trinajstić information content (AvgIpc) is 2.21. The van der Waals surface area contributed by atoms with Gasteiger partial charge in [0.25, 0.3) is 0 Å². The number of aliphatic hydroxyl groups is 2. The van der Waals surface area contributed by atoms with Gasteiger partial charge in [0.1, 0.15) is 0 Å². The molecule has 0 amide bonds. The van der Waals surface area contributed by atoms with Crippen molar-refractivity contribution in [1.29, 1.82) is 0 Å². The minimum absolute atomic E-state index is 0.0408. The molecule has 102 valence electrons. The first-order valence-electron chi connectivity index (χ1n) is 7.15. The Hall–Kier alpha value is -0.0800. The standard InChI is InChI=1S/C15H30O2/c1-13(2)11-9-7-5-6-8-10-12-15(16,17)14(13,3)4/h16-17H,5-12H2,1-4H3. The fraction of sp³-hybridized carbons (Fsp3) is 1.00. The highest BCUT2D eigenvalue weighted by Crippen LogP contribution is 2.50. The minimum atomic E-state index is -1.54. The van der Waals surface area contributed by atoms with Gasteiger partial charge in [-0.1, -0.05) is 59.8 Å². The van der Waals surface area contributed by atoms with Crippen molar-refractivity contribution < 1.29 is 10.2 Å². The summed E-state index contributed by atoms with van der Waals surface area (Å²) in [6.45, 7) is 8.36. The summed E-state index contributed by atoms with van der Waals surface area (Å²) in [5, 5.41) is 20.8. The quantitative estimate of drug-likeness (QED) is 0.633. The smallest absolute Gasteiger partial charge is 0.168 e. The van der Waals surface area contributed by atoms with Crippen LogP contribution in [0.3, 0.4) is 0 Å². The topological polar surface area (TPSA) is 40.5 Å². The number of rotatable bonds is 0. The van der Waals surface area contributed by atoms with Crippen molar-refractivity contribution in [3.8, 4) is 0 Å². The SMILES string of the molecule is CC1(C)CCCCCCCCC(O)(O)C1(C)C. The third-order valence-corrected chi connectivity index (χ3v) is 5.27. The lowest BCUT2D eigenvalue weighted by Crippen LogP contribution is -2.52. The van der Waals surface area contributed by atoms with E-state index in [1.807, 2.05) is 13.8 Å². The molecule has 0 unspecified atom stereocenters. The van der Waals surface area contributed by atoms with Crippen molar-refractivity contribution in [2.24, 2.45) is 10.8 Å². The van der Waals surface area contributed by atoms with Gasteiger partial charge in [-0.25, -0.2) is 0 Å². The molecule has 0 bridgehead atoms. The van der Waals surface area contributed by atoms with Gasteiger partial charge in [-0.15, -0.1) is 0 Å². The maximum atomic E-state index is 10.4. The van der Waals surface area contributed by atoms with E-state index < -0.39 is 11.2 Å². The molecule has 2 heteroatoms. The normalized spacial score (nSPS) is 29.3. The second-order valence-corrected chi connectivity index (χ2v) is 6.95. The van der Waals surface area contributed by atoms with Crippen LogP contribution in [0.2, 0.25) is 0 Å². The van der Waals surface area contributed by atoms with Crippen LogP contribution < -0.4 is 0 Å². The highest BCUT2D eigenvalue weighted by Gasteiger charge is 2.50. The summed E-state index contributed by atoms with van der Waals surface area (Å²) in [7, 11) is 0. The lowest BCUT2D eigenvalue weighted by molar-refractivity contribution is -0.268. The average molecular weight is 242 g/mol. The Morgan fingerprint density at radius 1 is 0.647 bits per heavy atom. The van der Waals surface area contributed by atoms with Crippen LogP contribution in [0.25, 0.3) is 0 Å². The van der Waals surface area contributed by atoms with Crippen molar-refractivity contribution in [3.63, 3.8) is 0 Å². The molecule has 0 heterocycles. The molecule has 1 rings (SSSR count). The molecule has 1 fully saturated rings. The van der Waals surface area contributed by atoms with Gasteiger partial charge in [0.15, 0.2) is 5.79 Å². The van der Waals surface area contributed by atoms with Crippen molar-refractivity contribution in [2.75, 3.05) is 0 Å². The van der Waals surface area contributed by atoms with Crippen LogP contribution in [-0.2, 0) is 0 Å². The lowest BCUT2D eigenvalue weighted by Gasteiger charge is -2.49. The van der Waals surface area contributed by atoms with Gasteiger partial charge in [0.05, 0.1) is 0 Å².